The van der Waals surface area contributed by atoms with Crippen molar-refractivity contribution in [1.82, 2.24) is 19.1 Å². The third-order valence-corrected chi connectivity index (χ3v) is 14.2. The minimum Gasteiger partial charge on any atom is -0.497 e. The Kier molecular flexibility index (Phi) is 7.07. The van der Waals surface area contributed by atoms with Crippen LogP contribution in [0.5, 0.6) is 5.75 Å². The largest absolute Gasteiger partial charge is 0.497 e. The molecule has 254 valence electrons. The van der Waals surface area contributed by atoms with Crippen molar-refractivity contribution in [3.8, 4) is 17.0 Å². The number of nitrogens with one attached hydrogen (secondary N) is 1. The summed E-state index contributed by atoms with van der Waals surface area (Å²) in [6.45, 7) is 2.38. The Balaban J connectivity index is 1.19. The number of hydrogen-bond acceptors (Lipinski definition) is 6. The standard InChI is InChI=1S/C38H46N4O5S/c1-40-19-26-16-27(20-40)42(26)37(44)38-18-32(38)31-17-28(47-2)12-14-29(31)35-34(24-9-4-3-5-10-24)30-13-11-25(15-33(30)41(35)22-38)36(43)39-48(45,46)21-23-7-6-8-23/h11-15,17,23-24,26-27,32H,3-10,16,18-22H2,1-2H3,(H,39,43). The molecular weight excluding hydrogens is 625 g/mol. The van der Waals surface area contributed by atoms with Crippen molar-refractivity contribution in [2.45, 2.75) is 94.7 Å². The zero-order valence-electron chi connectivity index (χ0n) is 28.0. The van der Waals surface area contributed by atoms with E-state index in [2.05, 4.69) is 38.3 Å². The van der Waals surface area contributed by atoms with Crippen LogP contribution in [0.3, 0.4) is 0 Å². The van der Waals surface area contributed by atoms with Gasteiger partial charge >= 0.3 is 0 Å². The normalized spacial score (nSPS) is 28.4. The molecule has 6 aliphatic rings. The van der Waals surface area contributed by atoms with Crippen molar-refractivity contribution < 1.29 is 22.7 Å². The predicted molar refractivity (Wildman–Crippen MR) is 185 cm³/mol. The van der Waals surface area contributed by atoms with Gasteiger partial charge in [-0.25, -0.2) is 13.1 Å². The second-order valence-corrected chi connectivity index (χ2v) is 17.5. The predicted octanol–water partition coefficient (Wildman–Crippen LogP) is 5.63. The number of amides is 2. The van der Waals surface area contributed by atoms with Crippen molar-refractivity contribution in [3.05, 3.63) is 53.1 Å². The van der Waals surface area contributed by atoms with Crippen molar-refractivity contribution in [2.75, 3.05) is 33.0 Å². The molecule has 5 fully saturated rings. The summed E-state index contributed by atoms with van der Waals surface area (Å²) in [7, 11) is 0.106. The number of hydrogen-bond donors (Lipinski definition) is 1. The highest BCUT2D eigenvalue weighted by Gasteiger charge is 2.66. The van der Waals surface area contributed by atoms with Crippen molar-refractivity contribution >= 4 is 32.7 Å². The number of nitrogens with zero attached hydrogens (tertiary/aromatic N) is 3. The van der Waals surface area contributed by atoms with Crippen LogP contribution in [0.15, 0.2) is 36.4 Å². The maximum absolute atomic E-state index is 14.8. The molecule has 10 heteroatoms. The molecule has 4 unspecified atom stereocenters. The second-order valence-electron chi connectivity index (χ2n) is 15.8. The fraction of sp³-hybridized carbons (Fsp3) is 0.579. The molecule has 2 aromatic carbocycles. The smallest absolute Gasteiger partial charge is 0.264 e. The molecule has 0 spiro atoms. The lowest BCUT2D eigenvalue weighted by Gasteiger charge is -2.56. The first kappa shape index (κ1) is 30.7. The van der Waals surface area contributed by atoms with Gasteiger partial charge in [0.25, 0.3) is 5.91 Å². The summed E-state index contributed by atoms with van der Waals surface area (Å²) < 4.78 is 36.3. The number of benzene rings is 2. The number of fused-ring (bicyclic) bond motifs is 9. The lowest BCUT2D eigenvalue weighted by Crippen LogP contribution is -2.70. The first-order chi connectivity index (χ1) is 23.2. The highest BCUT2D eigenvalue weighted by atomic mass is 32.2. The van der Waals surface area contributed by atoms with Gasteiger partial charge in [0.1, 0.15) is 5.75 Å². The quantitative estimate of drug-likeness (QED) is 0.350. The molecular formula is C38H46N4O5S. The van der Waals surface area contributed by atoms with E-state index in [0.717, 1.165) is 85.9 Å². The molecule has 48 heavy (non-hydrogen) atoms. The number of sulfonamides is 1. The van der Waals surface area contributed by atoms with Gasteiger partial charge in [-0.1, -0.05) is 31.7 Å². The van der Waals surface area contributed by atoms with Crippen LogP contribution in [-0.2, 0) is 21.4 Å². The van der Waals surface area contributed by atoms with E-state index in [1.807, 2.05) is 18.2 Å². The average molecular weight is 671 g/mol. The van der Waals surface area contributed by atoms with Crippen molar-refractivity contribution in [1.29, 1.82) is 0 Å². The Hall–Kier alpha value is -3.37. The minimum absolute atomic E-state index is 0.00607. The molecule has 2 bridgehead atoms. The first-order valence-electron chi connectivity index (χ1n) is 18.1. The van der Waals surface area contributed by atoms with Crippen molar-refractivity contribution in [3.63, 3.8) is 0 Å². The maximum atomic E-state index is 14.8. The Morgan fingerprint density at radius 2 is 1.75 bits per heavy atom. The van der Waals surface area contributed by atoms with Gasteiger partial charge in [-0.2, -0.15) is 0 Å². The second kappa shape index (κ2) is 11.1. The van der Waals surface area contributed by atoms with Crippen molar-refractivity contribution in [2.24, 2.45) is 11.3 Å². The topological polar surface area (TPSA) is 101 Å². The molecule has 4 heterocycles. The van der Waals surface area contributed by atoms with E-state index in [0.29, 0.717) is 18.0 Å². The maximum Gasteiger partial charge on any atom is 0.264 e. The molecule has 0 radical (unpaired) electrons. The van der Waals surface area contributed by atoms with Crippen LogP contribution >= 0.6 is 0 Å². The highest BCUT2D eigenvalue weighted by molar-refractivity contribution is 7.90. The number of carbonyl (C=O) groups is 2. The van der Waals surface area contributed by atoms with Crippen LogP contribution in [-0.4, -0.2) is 79.7 Å². The number of methoxy groups -OCH3 is 1. The molecule has 3 aliphatic heterocycles. The highest BCUT2D eigenvalue weighted by Crippen LogP contribution is 2.67. The monoisotopic (exact) mass is 670 g/mol. The third kappa shape index (κ3) is 4.76. The van der Waals surface area contributed by atoms with E-state index in [-0.39, 0.29) is 35.6 Å². The van der Waals surface area contributed by atoms with Gasteiger partial charge in [0, 0.05) is 59.7 Å². The number of carbonyl (C=O) groups excluding carboxylic acids is 2. The summed E-state index contributed by atoms with van der Waals surface area (Å²) in [5, 5.41) is 1.11. The summed E-state index contributed by atoms with van der Waals surface area (Å²) in [4.78, 5) is 32.9. The molecule has 1 N–H and O–H groups in total. The summed E-state index contributed by atoms with van der Waals surface area (Å²) in [6.07, 6.45) is 10.5. The Bertz CT molecular complexity index is 1930. The molecule has 2 amide bonds. The van der Waals surface area contributed by atoms with E-state index < -0.39 is 21.3 Å². The summed E-state index contributed by atoms with van der Waals surface area (Å²) in [5.41, 5.74) is 5.49. The van der Waals surface area contributed by atoms with Crippen LogP contribution in [0.25, 0.3) is 22.2 Å². The van der Waals surface area contributed by atoms with E-state index in [4.69, 9.17) is 4.74 Å². The number of aromatic nitrogens is 1. The summed E-state index contributed by atoms with van der Waals surface area (Å²) in [6, 6.07) is 12.6. The van der Waals surface area contributed by atoms with Gasteiger partial charge in [-0.05, 0) is 98.9 Å². The number of ether oxygens (including phenoxy) is 1. The molecule has 1 aromatic heterocycles. The van der Waals surface area contributed by atoms with Gasteiger partial charge in [0.2, 0.25) is 15.9 Å². The van der Waals surface area contributed by atoms with Crippen LogP contribution in [0.4, 0.5) is 0 Å². The van der Waals surface area contributed by atoms with E-state index in [9.17, 15) is 18.0 Å². The SMILES string of the molecule is COc1ccc2c(c1)C1CC1(C(=O)N1C3CC1CN(C)C3)Cn1c-2c(C2CCCCC2)c2ccc(C(=O)NS(=O)(=O)CC3CCC3)cc21. The first-order valence-corrected chi connectivity index (χ1v) is 19.7. The number of piperidine rings is 1. The fourth-order valence-corrected chi connectivity index (χ4v) is 11.5. The van der Waals surface area contributed by atoms with E-state index in [1.54, 1.807) is 13.2 Å². The molecule has 3 saturated carbocycles. The lowest BCUT2D eigenvalue weighted by molar-refractivity contribution is -0.159. The molecule has 9 nitrogen and oxygen atoms in total. The average Bonchev–Trinajstić information content (AvgIpc) is 3.72. The van der Waals surface area contributed by atoms with E-state index >= 15 is 0 Å². The molecule has 9 rings (SSSR count). The molecule has 3 aromatic rings. The van der Waals surface area contributed by atoms with E-state index in [1.165, 1.54) is 30.4 Å². The van der Waals surface area contributed by atoms with Crippen LogP contribution in [0, 0.1) is 11.3 Å². The molecule has 4 atom stereocenters. The molecule has 2 saturated heterocycles. The van der Waals surface area contributed by atoms with Gasteiger partial charge in [0.15, 0.2) is 0 Å². The van der Waals surface area contributed by atoms with Crippen LogP contribution < -0.4 is 9.46 Å². The van der Waals surface area contributed by atoms with Gasteiger partial charge in [-0.15, -0.1) is 0 Å². The van der Waals surface area contributed by atoms with Gasteiger partial charge < -0.3 is 19.1 Å². The van der Waals surface area contributed by atoms with Crippen LogP contribution in [0.2, 0.25) is 0 Å². The van der Waals surface area contributed by atoms with Crippen LogP contribution in [0.1, 0.15) is 97.5 Å². The Morgan fingerprint density at radius 3 is 2.46 bits per heavy atom. The number of likely N-dealkylation sites (tertiary alicyclic amines) is 2. The summed E-state index contributed by atoms with van der Waals surface area (Å²) in [5.74, 6) is 1.07. The molecule has 3 aliphatic carbocycles. The number of piperazine rings is 1. The zero-order valence-corrected chi connectivity index (χ0v) is 28.9. The Labute approximate surface area is 283 Å². The minimum atomic E-state index is -3.74. The summed E-state index contributed by atoms with van der Waals surface area (Å²) >= 11 is 0. The van der Waals surface area contributed by atoms with Gasteiger partial charge in [-0.3, -0.25) is 9.59 Å². The Morgan fingerprint density at radius 1 is 0.979 bits per heavy atom. The lowest BCUT2D eigenvalue weighted by atomic mass is 9.81. The fourth-order valence-electron chi connectivity index (χ4n) is 10.0. The zero-order chi connectivity index (χ0) is 32.9. The third-order valence-electron chi connectivity index (χ3n) is 12.7. The number of likely N-dealkylation sites (N-methyl/N-ethyl adjacent to an activating group) is 1. The van der Waals surface area contributed by atoms with Gasteiger partial charge in [0.05, 0.1) is 24.0 Å². The number of rotatable bonds is 7.